The second kappa shape index (κ2) is 12.1. The van der Waals surface area contributed by atoms with Gasteiger partial charge in [0, 0.05) is 42.4 Å². The number of hydrogen-bond acceptors (Lipinski definition) is 4. The summed E-state index contributed by atoms with van der Waals surface area (Å²) in [6.45, 7) is 0. The average molecular weight is 668 g/mol. The van der Waals surface area contributed by atoms with E-state index < -0.39 is 0 Å². The minimum atomic E-state index is 0.643. The molecule has 10 rings (SSSR count). The first-order valence-corrected chi connectivity index (χ1v) is 17.9. The van der Waals surface area contributed by atoms with Gasteiger partial charge in [0.15, 0.2) is 17.5 Å². The third-order valence-corrected chi connectivity index (χ3v) is 11.0. The lowest BCUT2D eigenvalue weighted by Crippen LogP contribution is -2.01. The Labute approximate surface area is 299 Å². The predicted octanol–water partition coefficient (Wildman–Crippen LogP) is 12.9. The maximum atomic E-state index is 5.18. The van der Waals surface area contributed by atoms with Gasteiger partial charge in [0.1, 0.15) is 0 Å². The quantitative estimate of drug-likeness (QED) is 0.183. The van der Waals surface area contributed by atoms with Crippen molar-refractivity contribution in [2.75, 3.05) is 0 Å². The molecule has 2 aromatic heterocycles. The standard InChI is InChI=1S/C47H29N3S/c1-2-14-33(15-3-1)45-48-46(34-26-24-32(25-27-34)36-21-10-16-30-12-4-6-17-35(30)36)50-47(49-45)42-20-9-8-19-38(42)39-22-11-23-40-41-29-28-31-13-5-7-18-37(31)43(41)51-44(39)40/h1-29H. The number of rotatable bonds is 5. The Bertz CT molecular complexity index is 2900. The highest BCUT2D eigenvalue weighted by Crippen LogP contribution is 2.44. The molecule has 238 valence electrons. The summed E-state index contributed by atoms with van der Waals surface area (Å²) < 4.78 is 2.58. The Morgan fingerprint density at radius 3 is 1.59 bits per heavy atom. The summed E-state index contributed by atoms with van der Waals surface area (Å²) in [6, 6.07) is 62.0. The van der Waals surface area contributed by atoms with Gasteiger partial charge in [0.05, 0.1) is 0 Å². The third-order valence-electron chi connectivity index (χ3n) is 9.76. The molecule has 0 bridgehead atoms. The summed E-state index contributed by atoms with van der Waals surface area (Å²) in [5.41, 5.74) is 7.50. The van der Waals surface area contributed by atoms with E-state index in [2.05, 4.69) is 158 Å². The van der Waals surface area contributed by atoms with E-state index in [0.29, 0.717) is 17.5 Å². The largest absolute Gasteiger partial charge is 0.208 e. The highest BCUT2D eigenvalue weighted by molar-refractivity contribution is 7.27. The van der Waals surface area contributed by atoms with Gasteiger partial charge in [-0.25, -0.2) is 15.0 Å². The summed E-state index contributed by atoms with van der Waals surface area (Å²) in [4.78, 5) is 15.4. The molecule has 0 saturated carbocycles. The maximum Gasteiger partial charge on any atom is 0.164 e. The van der Waals surface area contributed by atoms with Gasteiger partial charge in [-0.1, -0.05) is 176 Å². The summed E-state index contributed by atoms with van der Waals surface area (Å²) in [7, 11) is 0. The van der Waals surface area contributed by atoms with Gasteiger partial charge in [0.2, 0.25) is 0 Å². The molecule has 0 amide bonds. The van der Waals surface area contributed by atoms with E-state index in [9.17, 15) is 0 Å². The van der Waals surface area contributed by atoms with E-state index in [4.69, 9.17) is 15.0 Å². The molecule has 2 heterocycles. The SMILES string of the molecule is c1ccc(-c2nc(-c3ccc(-c4cccc5ccccc45)cc3)nc(-c3ccccc3-c3cccc4c3sc3c5ccccc5ccc43)n2)cc1. The first-order chi connectivity index (χ1) is 25.3. The zero-order chi connectivity index (χ0) is 33.7. The highest BCUT2D eigenvalue weighted by atomic mass is 32.1. The maximum absolute atomic E-state index is 5.18. The summed E-state index contributed by atoms with van der Waals surface area (Å²) in [6.07, 6.45) is 0. The zero-order valence-electron chi connectivity index (χ0n) is 27.5. The molecule has 0 aliphatic carbocycles. The Morgan fingerprint density at radius 1 is 0.275 bits per heavy atom. The van der Waals surface area contributed by atoms with Crippen molar-refractivity contribution in [3.05, 3.63) is 176 Å². The van der Waals surface area contributed by atoms with Crippen LogP contribution in [0, 0.1) is 0 Å². The summed E-state index contributed by atoms with van der Waals surface area (Å²) in [5, 5.41) is 7.56. The van der Waals surface area contributed by atoms with Crippen LogP contribution in [-0.4, -0.2) is 15.0 Å². The number of hydrogen-bond donors (Lipinski definition) is 0. The zero-order valence-corrected chi connectivity index (χ0v) is 28.3. The molecule has 0 aliphatic rings. The van der Waals surface area contributed by atoms with Crippen LogP contribution >= 0.6 is 11.3 Å². The average Bonchev–Trinajstić information content (AvgIpc) is 3.61. The van der Waals surface area contributed by atoms with Gasteiger partial charge in [-0.2, -0.15) is 0 Å². The van der Waals surface area contributed by atoms with E-state index in [0.717, 1.165) is 27.8 Å². The first kappa shape index (κ1) is 29.4. The van der Waals surface area contributed by atoms with E-state index in [1.165, 1.54) is 52.8 Å². The van der Waals surface area contributed by atoms with Gasteiger partial charge in [-0.05, 0) is 38.2 Å². The molecule has 0 aliphatic heterocycles. The van der Waals surface area contributed by atoms with Crippen molar-refractivity contribution in [3.63, 3.8) is 0 Å². The van der Waals surface area contributed by atoms with Crippen molar-refractivity contribution >= 4 is 53.1 Å². The molecule has 4 heteroatoms. The molecule has 0 unspecified atom stereocenters. The summed E-state index contributed by atoms with van der Waals surface area (Å²) in [5.74, 6) is 1.94. The monoisotopic (exact) mass is 667 g/mol. The fourth-order valence-corrected chi connectivity index (χ4v) is 8.63. The van der Waals surface area contributed by atoms with Gasteiger partial charge in [-0.3, -0.25) is 0 Å². The van der Waals surface area contributed by atoms with Crippen LogP contribution < -0.4 is 0 Å². The van der Waals surface area contributed by atoms with Gasteiger partial charge < -0.3 is 0 Å². The Hall–Kier alpha value is -6.49. The molecule has 3 nitrogen and oxygen atoms in total. The Balaban J connectivity index is 1.14. The smallest absolute Gasteiger partial charge is 0.164 e. The number of benzene rings is 8. The number of fused-ring (bicyclic) bond motifs is 6. The van der Waals surface area contributed by atoms with Gasteiger partial charge >= 0.3 is 0 Å². The second-order valence-electron chi connectivity index (χ2n) is 12.8. The van der Waals surface area contributed by atoms with E-state index in [-0.39, 0.29) is 0 Å². The lowest BCUT2D eigenvalue weighted by Gasteiger charge is -2.13. The lowest BCUT2D eigenvalue weighted by atomic mass is 9.97. The Kier molecular flexibility index (Phi) is 7.00. The predicted molar refractivity (Wildman–Crippen MR) is 215 cm³/mol. The molecule has 0 atom stereocenters. The van der Waals surface area contributed by atoms with Crippen LogP contribution in [0.3, 0.4) is 0 Å². The van der Waals surface area contributed by atoms with Crippen LogP contribution in [0.2, 0.25) is 0 Å². The molecule has 51 heavy (non-hydrogen) atoms. The Morgan fingerprint density at radius 2 is 0.784 bits per heavy atom. The van der Waals surface area contributed by atoms with Crippen LogP contribution in [0.5, 0.6) is 0 Å². The minimum Gasteiger partial charge on any atom is -0.208 e. The van der Waals surface area contributed by atoms with Crippen LogP contribution in [0.25, 0.3) is 98.1 Å². The molecule has 0 N–H and O–H groups in total. The van der Waals surface area contributed by atoms with Gasteiger partial charge in [-0.15, -0.1) is 11.3 Å². The molecule has 0 saturated heterocycles. The molecule has 0 fully saturated rings. The number of thiophene rings is 1. The van der Waals surface area contributed by atoms with Crippen LogP contribution in [0.1, 0.15) is 0 Å². The summed E-state index contributed by atoms with van der Waals surface area (Å²) >= 11 is 1.86. The first-order valence-electron chi connectivity index (χ1n) is 17.1. The minimum absolute atomic E-state index is 0.643. The molecule has 0 spiro atoms. The van der Waals surface area contributed by atoms with Crippen LogP contribution in [0.15, 0.2) is 176 Å². The fraction of sp³-hybridized carbons (Fsp3) is 0. The molecular weight excluding hydrogens is 639 g/mol. The molecule has 0 radical (unpaired) electrons. The fourth-order valence-electron chi connectivity index (χ4n) is 7.27. The van der Waals surface area contributed by atoms with E-state index in [1.54, 1.807) is 0 Å². The van der Waals surface area contributed by atoms with Crippen molar-refractivity contribution in [1.82, 2.24) is 15.0 Å². The van der Waals surface area contributed by atoms with Crippen molar-refractivity contribution in [2.45, 2.75) is 0 Å². The van der Waals surface area contributed by atoms with Crippen molar-refractivity contribution < 1.29 is 0 Å². The van der Waals surface area contributed by atoms with Crippen molar-refractivity contribution in [1.29, 1.82) is 0 Å². The molecule has 8 aromatic carbocycles. The molecule has 10 aromatic rings. The van der Waals surface area contributed by atoms with E-state index in [1.807, 2.05) is 29.5 Å². The van der Waals surface area contributed by atoms with E-state index >= 15 is 0 Å². The lowest BCUT2D eigenvalue weighted by molar-refractivity contribution is 1.07. The van der Waals surface area contributed by atoms with Crippen molar-refractivity contribution in [3.8, 4) is 56.4 Å². The van der Waals surface area contributed by atoms with Gasteiger partial charge in [0.25, 0.3) is 0 Å². The highest BCUT2D eigenvalue weighted by Gasteiger charge is 2.19. The molecular formula is C47H29N3S. The number of nitrogens with zero attached hydrogens (tertiary/aromatic N) is 3. The third kappa shape index (κ3) is 5.08. The van der Waals surface area contributed by atoms with Crippen LogP contribution in [-0.2, 0) is 0 Å². The topological polar surface area (TPSA) is 38.7 Å². The van der Waals surface area contributed by atoms with Crippen molar-refractivity contribution in [2.24, 2.45) is 0 Å². The van der Waals surface area contributed by atoms with Crippen LogP contribution in [0.4, 0.5) is 0 Å². The normalized spacial score (nSPS) is 11.5. The second-order valence-corrected chi connectivity index (χ2v) is 13.8. The number of aromatic nitrogens is 3.